The topological polar surface area (TPSA) is 131 Å². The maximum atomic E-state index is 5.77. The van der Waals surface area contributed by atoms with Crippen molar-refractivity contribution in [3.63, 3.8) is 0 Å². The molecule has 196 valence electrons. The quantitative estimate of drug-likeness (QED) is 0.271. The number of fused-ring (bicyclic) bond motifs is 3. The number of aryl methyl sites for hydroxylation is 1. The first kappa shape index (κ1) is 26.9. The Hall–Kier alpha value is -4.14. The van der Waals surface area contributed by atoms with Crippen LogP contribution in [0.4, 0.5) is 0 Å². The summed E-state index contributed by atoms with van der Waals surface area (Å²) in [6.07, 6.45) is 0. The first-order valence-electron chi connectivity index (χ1n) is 12.5. The van der Waals surface area contributed by atoms with Gasteiger partial charge in [-0.25, -0.2) is 0 Å². The van der Waals surface area contributed by atoms with Gasteiger partial charge in [0.25, 0.3) is 0 Å². The normalized spacial score (nSPS) is 11.7. The van der Waals surface area contributed by atoms with Gasteiger partial charge in [0.1, 0.15) is 11.5 Å². The minimum atomic E-state index is 0. The Bertz CT molecular complexity index is 1540. The summed E-state index contributed by atoms with van der Waals surface area (Å²) in [7, 11) is 0. The molecule has 5 aromatic rings. The molecule has 0 saturated heterocycles. The van der Waals surface area contributed by atoms with Gasteiger partial charge in [0.15, 0.2) is 11.6 Å². The van der Waals surface area contributed by atoms with Crippen LogP contribution in [-0.2, 0) is 13.1 Å². The Balaban J connectivity index is 0.000000516. The second kappa shape index (κ2) is 10.7. The van der Waals surface area contributed by atoms with Gasteiger partial charge in [-0.05, 0) is 36.1 Å². The van der Waals surface area contributed by atoms with E-state index in [9.17, 15) is 0 Å². The van der Waals surface area contributed by atoms with Gasteiger partial charge in [-0.1, -0.05) is 81.4 Å². The van der Waals surface area contributed by atoms with E-state index >= 15 is 0 Å². The average molecular weight is 510 g/mol. The number of aromatic nitrogens is 5. The number of benzene rings is 2. The molecule has 0 saturated carbocycles. The molecular formula is C30H35N7O. The third-order valence-electron chi connectivity index (χ3n) is 5.88. The number of pyridine rings is 1. The van der Waals surface area contributed by atoms with Crippen molar-refractivity contribution in [3.05, 3.63) is 83.7 Å². The molecule has 0 fully saturated rings. The van der Waals surface area contributed by atoms with Gasteiger partial charge in [0.05, 0.1) is 23.5 Å². The molecule has 0 bridgehead atoms. The van der Waals surface area contributed by atoms with E-state index in [4.69, 9.17) is 10.3 Å². The number of hydrogen-bond donors (Lipinski definition) is 2. The molecule has 1 aliphatic rings. The maximum absolute atomic E-state index is 5.77. The summed E-state index contributed by atoms with van der Waals surface area (Å²) >= 11 is 0. The lowest BCUT2D eigenvalue weighted by Crippen LogP contribution is -2.00. The monoisotopic (exact) mass is 509 g/mol. The number of hydrogen-bond acceptors (Lipinski definition) is 7. The van der Waals surface area contributed by atoms with E-state index < -0.39 is 0 Å². The van der Waals surface area contributed by atoms with E-state index in [1.807, 2.05) is 55.5 Å². The van der Waals surface area contributed by atoms with E-state index in [2.05, 4.69) is 70.8 Å². The third-order valence-corrected chi connectivity index (χ3v) is 5.88. The molecule has 0 aliphatic carbocycles. The zero-order valence-electron chi connectivity index (χ0n) is 22.7. The van der Waals surface area contributed by atoms with Gasteiger partial charge >= 0.3 is 0 Å². The van der Waals surface area contributed by atoms with E-state index in [1.54, 1.807) is 0 Å². The van der Waals surface area contributed by atoms with Crippen molar-refractivity contribution < 1.29 is 4.52 Å². The number of rotatable bonds is 4. The van der Waals surface area contributed by atoms with Crippen LogP contribution in [0.3, 0.4) is 0 Å². The van der Waals surface area contributed by atoms with E-state index in [-0.39, 0.29) is 6.15 Å². The van der Waals surface area contributed by atoms with Crippen LogP contribution in [0.1, 0.15) is 44.7 Å². The smallest absolute Gasteiger partial charge is 0.170 e. The highest BCUT2D eigenvalue weighted by atomic mass is 16.5. The Labute approximate surface area is 223 Å². The molecule has 2 aromatic carbocycles. The fraction of sp³-hybridized carbons (Fsp3) is 0.267. The Morgan fingerprint density at radius 2 is 1.61 bits per heavy atom. The van der Waals surface area contributed by atoms with Gasteiger partial charge in [-0.3, -0.25) is 4.98 Å². The minimum Gasteiger partial charge on any atom is -0.360 e. The summed E-state index contributed by atoms with van der Waals surface area (Å²) in [5.74, 6) is 2.32. The Kier molecular flexibility index (Phi) is 7.57. The molecule has 38 heavy (non-hydrogen) atoms. The minimum absolute atomic E-state index is 0. The van der Waals surface area contributed by atoms with Crippen molar-refractivity contribution in [2.75, 3.05) is 0 Å². The molecule has 3 aromatic heterocycles. The van der Waals surface area contributed by atoms with Crippen LogP contribution in [0.25, 0.3) is 45.3 Å². The molecule has 0 atom stereocenters. The van der Waals surface area contributed by atoms with Gasteiger partial charge in [-0.2, -0.15) is 0 Å². The van der Waals surface area contributed by atoms with Gasteiger partial charge < -0.3 is 21.0 Å². The van der Waals surface area contributed by atoms with Crippen molar-refractivity contribution in [1.82, 2.24) is 31.1 Å². The van der Waals surface area contributed by atoms with Crippen LogP contribution < -0.4 is 11.9 Å². The van der Waals surface area contributed by atoms with Gasteiger partial charge in [0.2, 0.25) is 0 Å². The van der Waals surface area contributed by atoms with Crippen molar-refractivity contribution in [3.8, 4) is 45.3 Å². The molecule has 1 aliphatic heterocycles. The molecular weight excluding hydrogens is 474 g/mol. The average Bonchev–Trinajstić information content (AvgIpc) is 3.56. The van der Waals surface area contributed by atoms with Gasteiger partial charge in [0, 0.05) is 23.2 Å². The van der Waals surface area contributed by atoms with Crippen molar-refractivity contribution in [2.24, 2.45) is 11.1 Å². The van der Waals surface area contributed by atoms with Crippen LogP contribution in [-0.4, -0.2) is 24.9 Å². The van der Waals surface area contributed by atoms with Crippen LogP contribution in [0.5, 0.6) is 0 Å². The summed E-state index contributed by atoms with van der Waals surface area (Å²) in [5.41, 5.74) is 14.0. The molecule has 8 nitrogen and oxygen atoms in total. The first-order chi connectivity index (χ1) is 17.7. The summed E-state index contributed by atoms with van der Waals surface area (Å²) in [5, 5.41) is 13.4. The largest absolute Gasteiger partial charge is 0.360 e. The van der Waals surface area contributed by atoms with Crippen LogP contribution in [0.2, 0.25) is 0 Å². The Morgan fingerprint density at radius 3 is 2.32 bits per heavy atom. The number of nitrogens with zero attached hydrogens (tertiary/aromatic N) is 5. The molecule has 8 heteroatoms. The van der Waals surface area contributed by atoms with E-state index in [1.165, 1.54) is 5.56 Å². The fourth-order valence-corrected chi connectivity index (χ4v) is 4.27. The van der Waals surface area contributed by atoms with Crippen LogP contribution in [0.15, 0.2) is 71.3 Å². The standard InChI is InChI=1S/C25H20N6O.C5H12.H3N/c1-15-22(23(30-32-15)16-6-3-2-4-7-16)25-29-28-24-20-12-17(10-11-18(20)14-31(24)25)21-9-5-8-19(13-26)27-21;1-5(2,3)4;/h2-12H,13-14,26H2,1H3;1-4H3;1H3. The summed E-state index contributed by atoms with van der Waals surface area (Å²) in [6, 6.07) is 22.3. The first-order valence-corrected chi connectivity index (χ1v) is 12.5. The fourth-order valence-electron chi connectivity index (χ4n) is 4.27. The van der Waals surface area contributed by atoms with Crippen molar-refractivity contribution in [1.29, 1.82) is 0 Å². The SMILES string of the molecule is CC(C)(C)C.Cc1onc(-c2ccccc2)c1-c1nnc2n1Cc1ccc(-c3cccc(CN)n3)cc1-2.N. The zero-order chi connectivity index (χ0) is 26.2. The predicted molar refractivity (Wildman–Crippen MR) is 152 cm³/mol. The van der Waals surface area contributed by atoms with Crippen LogP contribution >= 0.6 is 0 Å². The van der Waals surface area contributed by atoms with Gasteiger partial charge in [-0.15, -0.1) is 10.2 Å². The Morgan fingerprint density at radius 1 is 0.895 bits per heavy atom. The second-order valence-electron chi connectivity index (χ2n) is 10.9. The molecule has 0 unspecified atom stereocenters. The molecule has 5 N–H and O–H groups in total. The zero-order valence-corrected chi connectivity index (χ0v) is 22.7. The molecule has 0 amide bonds. The van der Waals surface area contributed by atoms with E-state index in [0.29, 0.717) is 18.5 Å². The lowest BCUT2D eigenvalue weighted by atomic mass is 10.0. The highest BCUT2D eigenvalue weighted by Crippen LogP contribution is 2.40. The van der Waals surface area contributed by atoms with E-state index in [0.717, 1.165) is 56.7 Å². The molecule has 0 radical (unpaired) electrons. The summed E-state index contributed by atoms with van der Waals surface area (Å²) < 4.78 is 7.69. The summed E-state index contributed by atoms with van der Waals surface area (Å²) in [6.45, 7) is 11.8. The molecule has 0 spiro atoms. The third kappa shape index (κ3) is 5.41. The second-order valence-corrected chi connectivity index (χ2v) is 10.9. The van der Waals surface area contributed by atoms with Crippen molar-refractivity contribution >= 4 is 0 Å². The highest BCUT2D eigenvalue weighted by molar-refractivity contribution is 5.81. The number of nitrogens with two attached hydrogens (primary N) is 1. The lowest BCUT2D eigenvalue weighted by Gasteiger charge is -2.05. The van der Waals surface area contributed by atoms with Crippen LogP contribution in [0, 0.1) is 12.3 Å². The predicted octanol–water partition coefficient (Wildman–Crippen LogP) is 6.67. The lowest BCUT2D eigenvalue weighted by molar-refractivity contribution is 0.400. The summed E-state index contributed by atoms with van der Waals surface area (Å²) in [4.78, 5) is 4.66. The maximum Gasteiger partial charge on any atom is 0.170 e. The molecule has 4 heterocycles. The molecule has 6 rings (SSSR count). The van der Waals surface area contributed by atoms with Crippen molar-refractivity contribution in [2.45, 2.75) is 47.7 Å². The highest BCUT2D eigenvalue weighted by Gasteiger charge is 2.29.